The van der Waals surface area contributed by atoms with Gasteiger partial charge in [-0.2, -0.15) is 0 Å². The number of carbonyl (C=O) groups excluding carboxylic acids is 2. The van der Waals surface area contributed by atoms with Crippen molar-refractivity contribution in [3.8, 4) is 0 Å². The molecule has 0 fully saturated rings. The van der Waals surface area contributed by atoms with Crippen molar-refractivity contribution in [3.05, 3.63) is 0 Å². The van der Waals surface area contributed by atoms with Crippen LogP contribution in [-0.2, 0) is 15.7 Å². The van der Waals surface area contributed by atoms with Crippen LogP contribution in [-0.4, -0.2) is 42.6 Å². The third-order valence-electron chi connectivity index (χ3n) is 3.07. The molecule has 0 aliphatic heterocycles. The number of thiol groups is 2. The van der Waals surface area contributed by atoms with Gasteiger partial charge in [0, 0.05) is 0 Å². The maximum atomic E-state index is 12.1. The summed E-state index contributed by atoms with van der Waals surface area (Å²) in [5.74, 6) is -0.0830. The van der Waals surface area contributed by atoms with Gasteiger partial charge in [0.25, 0.3) is 0 Å². The van der Waals surface area contributed by atoms with Crippen LogP contribution >= 0.6 is 25.3 Å². The molecule has 0 N–H and O–H groups in total. The summed E-state index contributed by atoms with van der Waals surface area (Å²) in [4.78, 5) is 27.8. The number of rotatable bonds is 10. The topological polar surface area (TPSA) is 52.6 Å². The summed E-state index contributed by atoms with van der Waals surface area (Å²) in [6, 6.07) is 0. The van der Waals surface area contributed by atoms with Crippen LogP contribution in [0.25, 0.3) is 0 Å². The summed E-state index contributed by atoms with van der Waals surface area (Å²) in [6.07, 6.45) is 3.28. The molecule has 0 amide bonds. The Balaban J connectivity index is 4.60. The predicted octanol–water partition coefficient (Wildman–Crippen LogP) is 3.47. The third-order valence-corrected chi connectivity index (χ3v) is 7.91. The Hall–Kier alpha value is 0.439. The Morgan fingerprint density at radius 3 is 1.48 bits per heavy atom. The van der Waals surface area contributed by atoms with E-state index < -0.39 is 19.2 Å². The summed E-state index contributed by atoms with van der Waals surface area (Å²) in [7, 11) is 0. The fourth-order valence-electron chi connectivity index (χ4n) is 1.94. The van der Waals surface area contributed by atoms with Crippen LogP contribution in [0.4, 0.5) is 0 Å². The number of hydrogen-bond donors (Lipinski definition) is 2. The molecule has 0 saturated carbocycles. The first-order valence-electron chi connectivity index (χ1n) is 7.48. The van der Waals surface area contributed by atoms with Crippen molar-refractivity contribution < 1.29 is 15.7 Å². The average Bonchev–Trinajstić information content (AvgIpc) is 2.40. The van der Waals surface area contributed by atoms with Crippen LogP contribution in [0.5, 0.6) is 0 Å². The van der Waals surface area contributed by atoms with Gasteiger partial charge in [-0.25, -0.2) is 0 Å². The molecule has 0 radical (unpaired) electrons. The van der Waals surface area contributed by atoms with Crippen LogP contribution < -0.4 is 0 Å². The van der Waals surface area contributed by atoms with Crippen molar-refractivity contribution in [2.24, 2.45) is 11.8 Å². The van der Waals surface area contributed by atoms with E-state index in [-0.39, 0.29) is 23.8 Å². The second kappa shape index (κ2) is 11.0. The zero-order valence-corrected chi connectivity index (χ0v) is 18.1. The van der Waals surface area contributed by atoms with Gasteiger partial charge in [0.05, 0.1) is 0 Å². The van der Waals surface area contributed by atoms with Gasteiger partial charge in [-0.1, -0.05) is 0 Å². The Bertz CT molecular complexity index is 307. The molecule has 21 heavy (non-hydrogen) atoms. The third kappa shape index (κ3) is 8.59. The maximum absolute atomic E-state index is 12.1. The van der Waals surface area contributed by atoms with E-state index >= 15 is 0 Å². The molecular weight excluding hydrogens is 415 g/mol. The van der Waals surface area contributed by atoms with E-state index in [0.717, 1.165) is 25.7 Å². The van der Waals surface area contributed by atoms with Crippen molar-refractivity contribution in [2.45, 2.75) is 49.4 Å². The minimum atomic E-state index is -3.60. The molecular formula is C14H28O4S2Sn. The Morgan fingerprint density at radius 2 is 1.24 bits per heavy atom. The fourth-order valence-corrected chi connectivity index (χ4v) is 6.44. The van der Waals surface area contributed by atoms with Crippen LogP contribution in [0.2, 0.25) is 9.88 Å². The van der Waals surface area contributed by atoms with Gasteiger partial charge in [-0.05, 0) is 0 Å². The van der Waals surface area contributed by atoms with Crippen LogP contribution in [0, 0.1) is 11.8 Å². The van der Waals surface area contributed by atoms with Crippen LogP contribution in [0.1, 0.15) is 39.5 Å². The molecule has 0 spiro atoms. The van der Waals surface area contributed by atoms with E-state index in [0.29, 0.717) is 11.5 Å². The second-order valence-electron chi connectivity index (χ2n) is 5.58. The SMILES string of the molecule is CCCC(CS)C(=O)[O][Sn]([CH3])([CH3])[O]C(=O)C(CS)CCC. The monoisotopic (exact) mass is 444 g/mol. The number of hydrogen-bond acceptors (Lipinski definition) is 6. The molecule has 0 heterocycles. The van der Waals surface area contributed by atoms with Gasteiger partial charge >= 0.3 is 145 Å². The second-order valence-corrected chi connectivity index (χ2v) is 15.5. The molecule has 124 valence electrons. The van der Waals surface area contributed by atoms with Crippen LogP contribution in [0.3, 0.4) is 0 Å². The quantitative estimate of drug-likeness (QED) is 0.401. The van der Waals surface area contributed by atoms with Gasteiger partial charge in [0.15, 0.2) is 0 Å². The van der Waals surface area contributed by atoms with Crippen molar-refractivity contribution >= 4 is 56.4 Å². The molecule has 0 aromatic rings. The summed E-state index contributed by atoms with van der Waals surface area (Å²) in [5.41, 5.74) is 0. The molecule has 0 rings (SSSR count). The van der Waals surface area contributed by atoms with Crippen molar-refractivity contribution in [2.75, 3.05) is 11.5 Å². The molecule has 2 atom stereocenters. The van der Waals surface area contributed by atoms with E-state index in [1.807, 2.05) is 13.8 Å². The standard InChI is InChI=1S/2C6H12O2S.2CH3.Sn/c2*1-2-3-5(4-9)6(7)8;;;/h2*5,9H,2-4H2,1H3,(H,7,8);2*1H3;/q;;;;+2/p-2. The van der Waals surface area contributed by atoms with Gasteiger partial charge in [0.2, 0.25) is 0 Å². The molecule has 2 unspecified atom stereocenters. The van der Waals surface area contributed by atoms with Gasteiger partial charge in [-0.15, -0.1) is 0 Å². The molecule has 0 aliphatic carbocycles. The molecule has 0 aliphatic rings. The molecule has 7 heteroatoms. The summed E-state index contributed by atoms with van der Waals surface area (Å²) in [5, 5.41) is 0. The molecule has 0 aromatic carbocycles. The molecule has 4 nitrogen and oxygen atoms in total. The minimum absolute atomic E-state index is 0.218. The molecule has 0 aromatic heterocycles. The average molecular weight is 443 g/mol. The van der Waals surface area contributed by atoms with Gasteiger partial charge in [-0.3, -0.25) is 0 Å². The first kappa shape index (κ1) is 21.4. The van der Waals surface area contributed by atoms with Crippen LogP contribution in [0.15, 0.2) is 0 Å². The van der Waals surface area contributed by atoms with Gasteiger partial charge in [0.1, 0.15) is 0 Å². The van der Waals surface area contributed by atoms with E-state index in [1.165, 1.54) is 0 Å². The first-order valence-corrected chi connectivity index (χ1v) is 16.8. The van der Waals surface area contributed by atoms with Crippen molar-refractivity contribution in [1.82, 2.24) is 0 Å². The predicted molar refractivity (Wildman–Crippen MR) is 94.2 cm³/mol. The zero-order chi connectivity index (χ0) is 16.5. The van der Waals surface area contributed by atoms with Crippen molar-refractivity contribution in [3.63, 3.8) is 0 Å². The van der Waals surface area contributed by atoms with Gasteiger partial charge < -0.3 is 0 Å². The summed E-state index contributed by atoms with van der Waals surface area (Å²) in [6.45, 7) is 4.03. The molecule has 0 saturated heterocycles. The Morgan fingerprint density at radius 1 is 0.905 bits per heavy atom. The molecule has 0 bridgehead atoms. The van der Waals surface area contributed by atoms with E-state index in [4.69, 9.17) is 6.15 Å². The van der Waals surface area contributed by atoms with E-state index in [2.05, 4.69) is 25.3 Å². The first-order chi connectivity index (χ1) is 9.81. The zero-order valence-electron chi connectivity index (χ0n) is 13.4. The Labute approximate surface area is 144 Å². The van der Waals surface area contributed by atoms with E-state index in [9.17, 15) is 9.59 Å². The van der Waals surface area contributed by atoms with Crippen molar-refractivity contribution in [1.29, 1.82) is 0 Å². The number of carbonyl (C=O) groups is 2. The fraction of sp³-hybridized carbons (Fsp3) is 0.857. The summed E-state index contributed by atoms with van der Waals surface area (Å²) < 4.78 is 11.1. The Kier molecular flexibility index (Phi) is 11.3. The summed E-state index contributed by atoms with van der Waals surface area (Å²) >= 11 is 4.77. The normalized spacial score (nSPS) is 14.4. The van der Waals surface area contributed by atoms with E-state index in [1.54, 1.807) is 9.88 Å².